The molecule has 1 aliphatic rings. The second-order valence-electron chi connectivity index (χ2n) is 5.11. The molecule has 0 bridgehead atoms. The highest BCUT2D eigenvalue weighted by molar-refractivity contribution is 6.00. The van der Waals surface area contributed by atoms with E-state index in [1.165, 1.54) is 0 Å². The molecular formula is C17H17NO2. The Morgan fingerprint density at radius 2 is 1.95 bits per heavy atom. The zero-order valence-electron chi connectivity index (χ0n) is 11.4. The first kappa shape index (κ1) is 12.9. The Hall–Kier alpha value is -2.13. The van der Waals surface area contributed by atoms with Crippen LogP contribution in [0.5, 0.6) is 0 Å². The van der Waals surface area contributed by atoms with Gasteiger partial charge in [-0.2, -0.15) is 0 Å². The molecule has 0 radical (unpaired) electrons. The molecule has 3 nitrogen and oxygen atoms in total. The number of aliphatic hydroxyl groups is 1. The third-order valence-corrected chi connectivity index (χ3v) is 3.75. The van der Waals surface area contributed by atoms with Crippen molar-refractivity contribution >= 4 is 11.6 Å². The van der Waals surface area contributed by atoms with Crippen molar-refractivity contribution in [1.29, 1.82) is 0 Å². The maximum absolute atomic E-state index is 11.5. The summed E-state index contributed by atoms with van der Waals surface area (Å²) in [6, 6.07) is 13.5. The number of fused-ring (bicyclic) bond motifs is 1. The van der Waals surface area contributed by atoms with Crippen LogP contribution in [0.2, 0.25) is 0 Å². The number of aliphatic hydroxyl groups excluding tert-OH is 1. The summed E-state index contributed by atoms with van der Waals surface area (Å²) >= 11 is 0. The summed E-state index contributed by atoms with van der Waals surface area (Å²) in [7, 11) is 0. The van der Waals surface area contributed by atoms with E-state index in [2.05, 4.69) is 12.2 Å². The second kappa shape index (κ2) is 5.10. The van der Waals surface area contributed by atoms with Gasteiger partial charge in [-0.25, -0.2) is 0 Å². The van der Waals surface area contributed by atoms with E-state index < -0.39 is 6.10 Å². The van der Waals surface area contributed by atoms with Gasteiger partial charge in [0.25, 0.3) is 0 Å². The lowest BCUT2D eigenvalue weighted by atomic mass is 9.95. The molecule has 2 N–H and O–H groups in total. The van der Waals surface area contributed by atoms with Crippen molar-refractivity contribution in [2.45, 2.75) is 25.9 Å². The second-order valence-corrected chi connectivity index (χ2v) is 5.11. The van der Waals surface area contributed by atoms with Crippen LogP contribution < -0.4 is 5.32 Å². The molecule has 3 heteroatoms. The number of carbonyl (C=O) groups excluding carboxylic acids is 1. The Balaban J connectivity index is 2.03. The molecule has 102 valence electrons. The first-order valence-corrected chi connectivity index (χ1v) is 6.87. The fourth-order valence-corrected chi connectivity index (χ4v) is 2.72. The number of anilines is 1. The van der Waals surface area contributed by atoms with Gasteiger partial charge >= 0.3 is 0 Å². The number of benzene rings is 2. The van der Waals surface area contributed by atoms with Crippen LogP contribution in [0.1, 0.15) is 35.3 Å². The van der Waals surface area contributed by atoms with E-state index in [-0.39, 0.29) is 5.91 Å². The van der Waals surface area contributed by atoms with Gasteiger partial charge in [-0.3, -0.25) is 4.79 Å². The standard InChI is InChI=1S/C17H17NO2/c1-2-11-8-14(9-13-10-15(19)18-16(11)13)17(20)12-6-4-3-5-7-12/h3-9,17,20H,2,10H2,1H3,(H,18,19). The van der Waals surface area contributed by atoms with Crippen molar-refractivity contribution in [3.63, 3.8) is 0 Å². The molecule has 1 amide bonds. The van der Waals surface area contributed by atoms with Gasteiger partial charge in [-0.05, 0) is 28.7 Å². The van der Waals surface area contributed by atoms with E-state index in [0.717, 1.165) is 34.4 Å². The van der Waals surface area contributed by atoms with Crippen molar-refractivity contribution in [1.82, 2.24) is 0 Å². The van der Waals surface area contributed by atoms with E-state index in [1.807, 2.05) is 42.5 Å². The summed E-state index contributed by atoms with van der Waals surface area (Å²) < 4.78 is 0. The predicted molar refractivity (Wildman–Crippen MR) is 78.7 cm³/mol. The first-order valence-electron chi connectivity index (χ1n) is 6.87. The zero-order valence-corrected chi connectivity index (χ0v) is 11.4. The average molecular weight is 267 g/mol. The van der Waals surface area contributed by atoms with E-state index in [4.69, 9.17) is 0 Å². The highest BCUT2D eigenvalue weighted by atomic mass is 16.3. The molecule has 1 aliphatic heterocycles. The summed E-state index contributed by atoms with van der Waals surface area (Å²) in [5.41, 5.74) is 4.72. The number of nitrogens with one attached hydrogen (secondary N) is 1. The number of amides is 1. The lowest BCUT2D eigenvalue weighted by Gasteiger charge is -2.15. The molecule has 0 aliphatic carbocycles. The molecule has 2 aromatic carbocycles. The largest absolute Gasteiger partial charge is 0.384 e. The van der Waals surface area contributed by atoms with Crippen LogP contribution >= 0.6 is 0 Å². The highest BCUT2D eigenvalue weighted by Crippen LogP contribution is 2.33. The predicted octanol–water partition coefficient (Wildman–Crippen LogP) is 2.83. The molecule has 0 aromatic heterocycles. The quantitative estimate of drug-likeness (QED) is 0.898. The molecule has 0 fully saturated rings. The molecule has 0 saturated carbocycles. The zero-order chi connectivity index (χ0) is 14.1. The molecule has 1 atom stereocenters. The molecule has 3 rings (SSSR count). The Morgan fingerprint density at radius 3 is 2.65 bits per heavy atom. The van der Waals surface area contributed by atoms with Gasteiger partial charge in [0.2, 0.25) is 5.91 Å². The van der Waals surface area contributed by atoms with Gasteiger partial charge in [0.1, 0.15) is 6.10 Å². The molecular weight excluding hydrogens is 250 g/mol. The summed E-state index contributed by atoms with van der Waals surface area (Å²) in [6.45, 7) is 2.05. The van der Waals surface area contributed by atoms with Crippen LogP contribution in [0.25, 0.3) is 0 Å². The third kappa shape index (κ3) is 2.21. The van der Waals surface area contributed by atoms with Crippen molar-refractivity contribution in [2.75, 3.05) is 5.32 Å². The van der Waals surface area contributed by atoms with Crippen LogP contribution in [0.3, 0.4) is 0 Å². The van der Waals surface area contributed by atoms with Crippen LogP contribution in [0.4, 0.5) is 5.69 Å². The smallest absolute Gasteiger partial charge is 0.228 e. The minimum absolute atomic E-state index is 0.0288. The fraction of sp³-hybridized carbons (Fsp3) is 0.235. The Bertz CT molecular complexity index is 650. The van der Waals surface area contributed by atoms with Crippen molar-refractivity contribution in [3.8, 4) is 0 Å². The lowest BCUT2D eigenvalue weighted by Crippen LogP contribution is -2.05. The summed E-state index contributed by atoms with van der Waals surface area (Å²) in [6.07, 6.45) is 0.581. The van der Waals surface area contributed by atoms with Gasteiger partial charge in [-0.1, -0.05) is 49.4 Å². The molecule has 1 unspecified atom stereocenters. The van der Waals surface area contributed by atoms with Crippen LogP contribution in [0.15, 0.2) is 42.5 Å². The number of rotatable bonds is 3. The molecule has 0 saturated heterocycles. The van der Waals surface area contributed by atoms with Gasteiger partial charge in [-0.15, -0.1) is 0 Å². The Kier molecular flexibility index (Phi) is 3.28. The highest BCUT2D eigenvalue weighted by Gasteiger charge is 2.23. The van der Waals surface area contributed by atoms with E-state index >= 15 is 0 Å². The molecule has 2 aromatic rings. The van der Waals surface area contributed by atoms with Crippen molar-refractivity contribution in [3.05, 3.63) is 64.7 Å². The summed E-state index contributed by atoms with van der Waals surface area (Å²) in [5.74, 6) is 0.0288. The van der Waals surface area contributed by atoms with E-state index in [1.54, 1.807) is 0 Å². The molecule has 0 spiro atoms. The molecule has 20 heavy (non-hydrogen) atoms. The van der Waals surface area contributed by atoms with Gasteiger partial charge < -0.3 is 10.4 Å². The van der Waals surface area contributed by atoms with Crippen LogP contribution in [-0.4, -0.2) is 11.0 Å². The SMILES string of the molecule is CCc1cc(C(O)c2ccccc2)cc2c1NC(=O)C2. The topological polar surface area (TPSA) is 49.3 Å². The fourth-order valence-electron chi connectivity index (χ4n) is 2.72. The van der Waals surface area contributed by atoms with Gasteiger partial charge in [0.15, 0.2) is 0 Å². The summed E-state index contributed by atoms with van der Waals surface area (Å²) in [4.78, 5) is 11.5. The monoisotopic (exact) mass is 267 g/mol. The normalized spacial score (nSPS) is 14.8. The minimum Gasteiger partial charge on any atom is -0.384 e. The number of carbonyl (C=O) groups is 1. The average Bonchev–Trinajstić information content (AvgIpc) is 2.86. The van der Waals surface area contributed by atoms with E-state index in [9.17, 15) is 9.90 Å². The lowest BCUT2D eigenvalue weighted by molar-refractivity contribution is -0.115. The van der Waals surface area contributed by atoms with Gasteiger partial charge in [0.05, 0.1) is 6.42 Å². The van der Waals surface area contributed by atoms with Crippen LogP contribution in [-0.2, 0) is 17.6 Å². The van der Waals surface area contributed by atoms with Crippen molar-refractivity contribution in [2.24, 2.45) is 0 Å². The summed E-state index contributed by atoms with van der Waals surface area (Å²) in [5, 5.41) is 13.4. The molecule has 1 heterocycles. The number of hydrogen-bond donors (Lipinski definition) is 2. The maximum Gasteiger partial charge on any atom is 0.228 e. The number of hydrogen-bond acceptors (Lipinski definition) is 2. The maximum atomic E-state index is 11.5. The van der Waals surface area contributed by atoms with Crippen molar-refractivity contribution < 1.29 is 9.90 Å². The van der Waals surface area contributed by atoms with Crippen LogP contribution in [0, 0.1) is 0 Å². The van der Waals surface area contributed by atoms with Gasteiger partial charge in [0, 0.05) is 5.69 Å². The Morgan fingerprint density at radius 1 is 1.20 bits per heavy atom. The third-order valence-electron chi connectivity index (χ3n) is 3.75. The number of aryl methyl sites for hydroxylation is 1. The Labute approximate surface area is 118 Å². The minimum atomic E-state index is -0.650. The van der Waals surface area contributed by atoms with E-state index in [0.29, 0.717) is 6.42 Å². The first-order chi connectivity index (χ1) is 9.69.